The summed E-state index contributed by atoms with van der Waals surface area (Å²) in [4.78, 5) is 0.335. The Hall–Kier alpha value is -1.65. The molecule has 0 heterocycles. The summed E-state index contributed by atoms with van der Waals surface area (Å²) in [5.74, 6) is -0.311. The molecule has 0 radical (unpaired) electrons. The van der Waals surface area contributed by atoms with Gasteiger partial charge in [-0.3, -0.25) is 0 Å². The third kappa shape index (κ3) is 2.15. The summed E-state index contributed by atoms with van der Waals surface area (Å²) in [7, 11) is -3.38. The number of hydrogen-bond donors (Lipinski definition) is 1. The lowest BCUT2D eigenvalue weighted by Gasteiger charge is -2.03. The Bertz CT molecular complexity index is 680. The minimum Gasteiger partial charge on any atom is -0.396 e. The number of rotatable bonds is 4. The van der Waals surface area contributed by atoms with Crippen molar-refractivity contribution in [3.8, 4) is 0 Å². The van der Waals surface area contributed by atoms with Crippen LogP contribution in [-0.2, 0) is 9.84 Å². The van der Waals surface area contributed by atoms with Crippen LogP contribution < -0.4 is 0 Å². The van der Waals surface area contributed by atoms with Crippen molar-refractivity contribution in [1.82, 2.24) is 0 Å². The van der Waals surface area contributed by atoms with E-state index in [1.165, 1.54) is 0 Å². The lowest BCUT2D eigenvalue weighted by Crippen LogP contribution is -2.11. The fourth-order valence-corrected chi connectivity index (χ4v) is 5.08. The molecule has 4 heteroatoms. The van der Waals surface area contributed by atoms with E-state index in [9.17, 15) is 13.5 Å². The number of hydrogen-bond acceptors (Lipinski definition) is 3. The molecule has 0 aliphatic heterocycles. The van der Waals surface area contributed by atoms with E-state index in [1.54, 1.807) is 30.3 Å². The molecule has 2 aromatic rings. The Labute approximate surface area is 118 Å². The summed E-state index contributed by atoms with van der Waals surface area (Å²) >= 11 is 0. The zero-order valence-corrected chi connectivity index (χ0v) is 11.7. The molecule has 104 valence electrons. The van der Waals surface area contributed by atoms with Gasteiger partial charge >= 0.3 is 0 Å². The summed E-state index contributed by atoms with van der Waals surface area (Å²) in [6, 6.07) is 18.0. The molecule has 0 saturated heterocycles. The van der Waals surface area contributed by atoms with Gasteiger partial charge in [0, 0.05) is 18.4 Å². The maximum absolute atomic E-state index is 12.6. The second-order valence-corrected chi connectivity index (χ2v) is 7.21. The molecule has 3 nitrogen and oxygen atoms in total. The first kappa shape index (κ1) is 13.3. The first-order valence-corrected chi connectivity index (χ1v) is 8.15. The minimum atomic E-state index is -3.38. The van der Waals surface area contributed by atoms with Crippen molar-refractivity contribution < 1.29 is 13.5 Å². The Kier molecular flexibility index (Phi) is 3.36. The van der Waals surface area contributed by atoms with Gasteiger partial charge in [-0.05, 0) is 17.7 Å². The van der Waals surface area contributed by atoms with Crippen molar-refractivity contribution in [3.05, 3.63) is 66.2 Å². The summed E-state index contributed by atoms with van der Waals surface area (Å²) in [6.07, 6.45) is 0. The fourth-order valence-electron chi connectivity index (χ4n) is 2.86. The van der Waals surface area contributed by atoms with E-state index in [0.29, 0.717) is 4.90 Å². The monoisotopic (exact) mass is 288 g/mol. The molecule has 1 fully saturated rings. The highest BCUT2D eigenvalue weighted by Gasteiger charge is 2.58. The van der Waals surface area contributed by atoms with E-state index in [-0.39, 0.29) is 18.4 Å². The van der Waals surface area contributed by atoms with Gasteiger partial charge in [0.05, 0.1) is 10.1 Å². The van der Waals surface area contributed by atoms with Crippen LogP contribution in [-0.4, -0.2) is 25.4 Å². The van der Waals surface area contributed by atoms with Gasteiger partial charge in [-0.15, -0.1) is 0 Å². The van der Waals surface area contributed by atoms with E-state index >= 15 is 0 Å². The quantitative estimate of drug-likeness (QED) is 0.938. The predicted octanol–water partition coefficient (Wildman–Crippen LogP) is 2.23. The van der Waals surface area contributed by atoms with E-state index in [1.807, 2.05) is 30.3 Å². The molecule has 3 rings (SSSR count). The topological polar surface area (TPSA) is 54.4 Å². The summed E-state index contributed by atoms with van der Waals surface area (Å²) in [6.45, 7) is -0.101. The highest BCUT2D eigenvalue weighted by atomic mass is 32.2. The predicted molar refractivity (Wildman–Crippen MR) is 77.2 cm³/mol. The first-order chi connectivity index (χ1) is 9.66. The van der Waals surface area contributed by atoms with E-state index < -0.39 is 15.1 Å². The number of aliphatic hydroxyl groups excluding tert-OH is 1. The van der Waals surface area contributed by atoms with Crippen molar-refractivity contribution in [2.24, 2.45) is 5.92 Å². The number of sulfone groups is 1. The van der Waals surface area contributed by atoms with Gasteiger partial charge in [0.1, 0.15) is 0 Å². The molecule has 1 aliphatic carbocycles. The Balaban J connectivity index is 1.95. The van der Waals surface area contributed by atoms with Crippen LogP contribution in [0.4, 0.5) is 0 Å². The van der Waals surface area contributed by atoms with Crippen molar-refractivity contribution in [3.63, 3.8) is 0 Å². The third-order valence-electron chi connectivity index (χ3n) is 3.92. The average Bonchev–Trinajstić information content (AvgIpc) is 3.24. The molecular formula is C16H16O3S. The third-order valence-corrected chi connectivity index (χ3v) is 6.21. The van der Waals surface area contributed by atoms with Crippen LogP contribution in [0.1, 0.15) is 11.5 Å². The number of aliphatic hydroxyl groups is 1. The molecule has 0 unspecified atom stereocenters. The number of benzene rings is 2. The molecule has 20 heavy (non-hydrogen) atoms. The van der Waals surface area contributed by atoms with Gasteiger partial charge in [-0.25, -0.2) is 8.42 Å². The van der Waals surface area contributed by atoms with Crippen molar-refractivity contribution in [2.75, 3.05) is 6.61 Å². The minimum absolute atomic E-state index is 0.101. The van der Waals surface area contributed by atoms with Crippen LogP contribution in [0.5, 0.6) is 0 Å². The van der Waals surface area contributed by atoms with E-state index in [2.05, 4.69) is 0 Å². The fraction of sp³-hybridized carbons (Fsp3) is 0.250. The largest absolute Gasteiger partial charge is 0.396 e. The molecule has 3 atom stereocenters. The molecule has 1 aliphatic rings. The highest BCUT2D eigenvalue weighted by molar-refractivity contribution is 7.92. The van der Waals surface area contributed by atoms with Crippen LogP contribution in [0.3, 0.4) is 0 Å². The van der Waals surface area contributed by atoms with Gasteiger partial charge in [-0.2, -0.15) is 0 Å². The second kappa shape index (κ2) is 5.04. The van der Waals surface area contributed by atoms with Gasteiger partial charge < -0.3 is 5.11 Å². The normalized spacial score (nSPS) is 25.4. The van der Waals surface area contributed by atoms with Crippen LogP contribution >= 0.6 is 0 Å². The second-order valence-electron chi connectivity index (χ2n) is 5.11. The molecular weight excluding hydrogens is 272 g/mol. The van der Waals surface area contributed by atoms with Crippen LogP contribution in [0, 0.1) is 5.92 Å². The van der Waals surface area contributed by atoms with Crippen LogP contribution in [0.15, 0.2) is 65.6 Å². The smallest absolute Gasteiger partial charge is 0.182 e. The zero-order valence-electron chi connectivity index (χ0n) is 10.9. The molecule has 0 spiro atoms. The maximum Gasteiger partial charge on any atom is 0.182 e. The maximum atomic E-state index is 12.6. The molecule has 1 saturated carbocycles. The summed E-state index contributed by atoms with van der Waals surface area (Å²) in [5.41, 5.74) is 0.982. The Morgan fingerprint density at radius 2 is 1.45 bits per heavy atom. The lowest BCUT2D eigenvalue weighted by atomic mass is 10.1. The van der Waals surface area contributed by atoms with Gasteiger partial charge in [0.25, 0.3) is 0 Å². The van der Waals surface area contributed by atoms with E-state index in [0.717, 1.165) is 5.56 Å². The standard InChI is InChI=1S/C16H16O3S/c17-11-14-15(12-7-3-1-4-8-12)16(14)20(18,19)13-9-5-2-6-10-13/h1-10,14-17H,11H2/t14-,15+,16-/m1/s1. The highest BCUT2D eigenvalue weighted by Crippen LogP contribution is 2.53. The van der Waals surface area contributed by atoms with Gasteiger partial charge in [-0.1, -0.05) is 48.5 Å². The Morgan fingerprint density at radius 3 is 2.00 bits per heavy atom. The molecule has 0 amide bonds. The summed E-state index contributed by atoms with van der Waals surface area (Å²) in [5, 5.41) is 8.94. The lowest BCUT2D eigenvalue weighted by molar-refractivity contribution is 0.274. The molecule has 2 aromatic carbocycles. The van der Waals surface area contributed by atoms with Crippen molar-refractivity contribution in [1.29, 1.82) is 0 Å². The van der Waals surface area contributed by atoms with Crippen LogP contribution in [0.25, 0.3) is 0 Å². The molecule has 0 aromatic heterocycles. The summed E-state index contributed by atoms with van der Waals surface area (Å²) < 4.78 is 25.3. The molecule has 1 N–H and O–H groups in total. The molecule has 0 bridgehead atoms. The van der Waals surface area contributed by atoms with E-state index in [4.69, 9.17) is 0 Å². The van der Waals surface area contributed by atoms with Crippen molar-refractivity contribution >= 4 is 9.84 Å². The van der Waals surface area contributed by atoms with Crippen LogP contribution in [0.2, 0.25) is 0 Å². The SMILES string of the molecule is O=S(=O)(c1ccccc1)[C@@H]1[C@H](CO)[C@@H]1c1ccccc1. The first-order valence-electron chi connectivity index (χ1n) is 6.61. The van der Waals surface area contributed by atoms with Crippen molar-refractivity contribution in [2.45, 2.75) is 16.1 Å². The van der Waals surface area contributed by atoms with Gasteiger partial charge in [0.2, 0.25) is 0 Å². The zero-order chi connectivity index (χ0) is 14.2. The Morgan fingerprint density at radius 1 is 0.900 bits per heavy atom. The average molecular weight is 288 g/mol. The van der Waals surface area contributed by atoms with Gasteiger partial charge in [0.15, 0.2) is 9.84 Å².